The van der Waals surface area contributed by atoms with Gasteiger partial charge in [-0.1, -0.05) is 12.1 Å². The monoisotopic (exact) mass is 457 g/mol. The third-order valence-corrected chi connectivity index (χ3v) is 3.56. The summed E-state index contributed by atoms with van der Waals surface area (Å²) in [7, 11) is 0. The fourth-order valence-electron chi connectivity index (χ4n) is 2.50. The predicted molar refractivity (Wildman–Crippen MR) is 99.0 cm³/mol. The minimum Gasteiger partial charge on any atom is -0.406 e. The summed E-state index contributed by atoms with van der Waals surface area (Å²) >= 11 is 0. The summed E-state index contributed by atoms with van der Waals surface area (Å²) in [5.74, 6) is 0.720. The molecular weight excluding hydrogens is 434 g/mol. The normalized spacial score (nSPS) is 15.2. The Morgan fingerprint density at radius 3 is 2.38 bits per heavy atom. The van der Waals surface area contributed by atoms with Crippen molar-refractivity contribution in [3.63, 3.8) is 0 Å². The summed E-state index contributed by atoms with van der Waals surface area (Å²) in [4.78, 5) is 6.83. The molecule has 0 aromatic heterocycles. The fourth-order valence-corrected chi connectivity index (χ4v) is 2.50. The molecular formula is C16H23F3IN3O. The second-order valence-electron chi connectivity index (χ2n) is 5.37. The average Bonchev–Trinajstić information content (AvgIpc) is 3.01. The highest BCUT2D eigenvalue weighted by atomic mass is 127. The third kappa shape index (κ3) is 7.14. The van der Waals surface area contributed by atoms with Crippen molar-refractivity contribution < 1.29 is 17.9 Å². The van der Waals surface area contributed by atoms with Crippen molar-refractivity contribution in [3.8, 4) is 5.75 Å². The number of rotatable bonds is 5. The second-order valence-corrected chi connectivity index (χ2v) is 5.37. The molecule has 0 radical (unpaired) electrons. The van der Waals surface area contributed by atoms with E-state index in [1.165, 1.54) is 25.0 Å². The Morgan fingerprint density at radius 1 is 1.21 bits per heavy atom. The van der Waals surface area contributed by atoms with Gasteiger partial charge in [-0.15, -0.1) is 37.1 Å². The summed E-state index contributed by atoms with van der Waals surface area (Å²) in [6, 6.07) is 5.94. The van der Waals surface area contributed by atoms with Gasteiger partial charge in [0.15, 0.2) is 5.96 Å². The van der Waals surface area contributed by atoms with Crippen molar-refractivity contribution in [3.05, 3.63) is 29.8 Å². The molecule has 1 saturated heterocycles. The molecule has 0 amide bonds. The molecule has 0 atom stereocenters. The van der Waals surface area contributed by atoms with Gasteiger partial charge in [0.25, 0.3) is 0 Å². The van der Waals surface area contributed by atoms with E-state index in [0.29, 0.717) is 13.0 Å². The molecule has 0 aliphatic carbocycles. The summed E-state index contributed by atoms with van der Waals surface area (Å²) in [6.07, 6.45) is -1.60. The van der Waals surface area contributed by atoms with E-state index in [1.54, 1.807) is 12.1 Å². The molecule has 0 bridgehead atoms. The van der Waals surface area contributed by atoms with Crippen LogP contribution < -0.4 is 10.1 Å². The van der Waals surface area contributed by atoms with Crippen LogP contribution in [-0.2, 0) is 6.42 Å². The molecule has 4 nitrogen and oxygen atoms in total. The van der Waals surface area contributed by atoms with Crippen LogP contribution in [0.5, 0.6) is 5.75 Å². The first-order valence-electron chi connectivity index (χ1n) is 7.86. The van der Waals surface area contributed by atoms with Gasteiger partial charge >= 0.3 is 6.36 Å². The van der Waals surface area contributed by atoms with Gasteiger partial charge in [0.05, 0.1) is 0 Å². The molecule has 8 heteroatoms. The van der Waals surface area contributed by atoms with Gasteiger partial charge in [0.2, 0.25) is 0 Å². The smallest absolute Gasteiger partial charge is 0.406 e. The summed E-state index contributed by atoms with van der Waals surface area (Å²) in [5.41, 5.74) is 0.931. The molecule has 0 saturated carbocycles. The SMILES string of the molecule is CCNC(=NCCc1ccc(OC(F)(F)F)cc1)N1CCCC1.I. The number of guanidine groups is 1. The summed E-state index contributed by atoms with van der Waals surface area (Å²) < 4.78 is 40.2. The van der Waals surface area contributed by atoms with Crippen molar-refractivity contribution in [2.75, 3.05) is 26.2 Å². The number of benzene rings is 1. The lowest BCUT2D eigenvalue weighted by Crippen LogP contribution is -2.39. The fraction of sp³-hybridized carbons (Fsp3) is 0.562. The van der Waals surface area contributed by atoms with Gasteiger partial charge in [0.1, 0.15) is 5.75 Å². The van der Waals surface area contributed by atoms with Crippen molar-refractivity contribution in [1.29, 1.82) is 0 Å². The van der Waals surface area contributed by atoms with Crippen LogP contribution in [0.3, 0.4) is 0 Å². The molecule has 1 N–H and O–H groups in total. The molecule has 1 aromatic carbocycles. The van der Waals surface area contributed by atoms with Crippen molar-refractivity contribution >= 4 is 29.9 Å². The lowest BCUT2D eigenvalue weighted by Gasteiger charge is -2.20. The van der Waals surface area contributed by atoms with Gasteiger partial charge in [-0.05, 0) is 43.9 Å². The van der Waals surface area contributed by atoms with Gasteiger partial charge < -0.3 is 15.0 Å². The molecule has 24 heavy (non-hydrogen) atoms. The number of aliphatic imine (C=N–C) groups is 1. The molecule has 1 heterocycles. The van der Waals surface area contributed by atoms with Crippen LogP contribution in [0.2, 0.25) is 0 Å². The maximum absolute atomic E-state index is 12.1. The Morgan fingerprint density at radius 2 is 1.83 bits per heavy atom. The van der Waals surface area contributed by atoms with E-state index in [9.17, 15) is 13.2 Å². The molecule has 1 aliphatic rings. The van der Waals surface area contributed by atoms with Crippen LogP contribution >= 0.6 is 24.0 Å². The molecule has 0 unspecified atom stereocenters. The summed E-state index contributed by atoms with van der Waals surface area (Å²) in [5, 5.41) is 3.28. The second kappa shape index (κ2) is 9.95. The van der Waals surface area contributed by atoms with Gasteiger partial charge in [-0.3, -0.25) is 4.99 Å². The first-order valence-corrected chi connectivity index (χ1v) is 7.86. The molecule has 0 spiro atoms. The standard InChI is InChI=1S/C16H22F3N3O.HI/c1-2-20-15(22-11-3-4-12-22)21-10-9-13-5-7-14(8-6-13)23-16(17,18)19;/h5-8H,2-4,9-12H2,1H3,(H,20,21);1H. The van der Waals surface area contributed by atoms with Crippen LogP contribution in [0.15, 0.2) is 29.3 Å². The number of nitrogens with one attached hydrogen (secondary N) is 1. The zero-order valence-electron chi connectivity index (χ0n) is 13.6. The summed E-state index contributed by atoms with van der Waals surface area (Å²) in [6.45, 7) is 5.49. The van der Waals surface area contributed by atoms with E-state index in [2.05, 4.69) is 19.9 Å². The van der Waals surface area contributed by atoms with E-state index >= 15 is 0 Å². The Labute approximate surface area is 157 Å². The first kappa shape index (κ1) is 20.9. The maximum atomic E-state index is 12.1. The van der Waals surface area contributed by atoms with E-state index in [-0.39, 0.29) is 29.7 Å². The van der Waals surface area contributed by atoms with Gasteiger partial charge in [-0.2, -0.15) is 0 Å². The number of halogens is 4. The minimum atomic E-state index is -4.65. The molecule has 136 valence electrons. The Bertz CT molecular complexity index is 514. The zero-order valence-corrected chi connectivity index (χ0v) is 15.9. The Balaban J connectivity index is 0.00000288. The zero-order chi connectivity index (χ0) is 16.7. The van der Waals surface area contributed by atoms with Crippen molar-refractivity contribution in [2.45, 2.75) is 32.5 Å². The highest BCUT2D eigenvalue weighted by Gasteiger charge is 2.30. The van der Waals surface area contributed by atoms with E-state index in [4.69, 9.17) is 0 Å². The third-order valence-electron chi connectivity index (χ3n) is 3.56. The minimum absolute atomic E-state index is 0. The van der Waals surface area contributed by atoms with Crippen molar-refractivity contribution in [2.24, 2.45) is 4.99 Å². The van der Waals surface area contributed by atoms with Crippen LogP contribution in [0.1, 0.15) is 25.3 Å². The quantitative estimate of drug-likeness (QED) is 0.415. The molecule has 1 aliphatic heterocycles. The maximum Gasteiger partial charge on any atom is 0.573 e. The lowest BCUT2D eigenvalue weighted by molar-refractivity contribution is -0.274. The molecule has 1 aromatic rings. The number of ether oxygens (including phenoxy) is 1. The average molecular weight is 457 g/mol. The van der Waals surface area contributed by atoms with Crippen LogP contribution in [0, 0.1) is 0 Å². The number of likely N-dealkylation sites (tertiary alicyclic amines) is 1. The topological polar surface area (TPSA) is 36.9 Å². The van der Waals surface area contributed by atoms with Crippen LogP contribution in [0.25, 0.3) is 0 Å². The Kier molecular flexibility index (Phi) is 8.65. The van der Waals surface area contributed by atoms with E-state index < -0.39 is 6.36 Å². The highest BCUT2D eigenvalue weighted by molar-refractivity contribution is 14.0. The van der Waals surface area contributed by atoms with E-state index in [0.717, 1.165) is 31.2 Å². The van der Waals surface area contributed by atoms with Gasteiger partial charge in [-0.25, -0.2) is 0 Å². The largest absolute Gasteiger partial charge is 0.573 e. The highest BCUT2D eigenvalue weighted by Crippen LogP contribution is 2.22. The van der Waals surface area contributed by atoms with Crippen LogP contribution in [-0.4, -0.2) is 43.4 Å². The van der Waals surface area contributed by atoms with Crippen LogP contribution in [0.4, 0.5) is 13.2 Å². The lowest BCUT2D eigenvalue weighted by atomic mass is 10.1. The number of alkyl halides is 3. The number of nitrogens with zero attached hydrogens (tertiary/aromatic N) is 2. The van der Waals surface area contributed by atoms with E-state index in [1.807, 2.05) is 6.92 Å². The molecule has 1 fully saturated rings. The Hall–Kier alpha value is -1.19. The van der Waals surface area contributed by atoms with Crippen molar-refractivity contribution in [1.82, 2.24) is 10.2 Å². The molecule has 2 rings (SSSR count). The van der Waals surface area contributed by atoms with Gasteiger partial charge in [0, 0.05) is 26.2 Å². The predicted octanol–water partition coefficient (Wildman–Crippen LogP) is 3.81. The number of hydrogen-bond donors (Lipinski definition) is 1. The number of hydrogen-bond acceptors (Lipinski definition) is 2. The first-order chi connectivity index (χ1) is 11.0.